The standard InChI is InChI=1S/C6H13BN/c1-2-6-5-8-4-3-7-6/h6,8H,2-5H2,1H3. The Bertz CT molecular complexity index is 59.5. The fourth-order valence-corrected chi connectivity index (χ4v) is 1.10. The number of rotatable bonds is 1. The molecule has 0 amide bonds. The summed E-state index contributed by atoms with van der Waals surface area (Å²) in [6.07, 6.45) is 2.56. The predicted octanol–water partition coefficient (Wildman–Crippen LogP) is 0.911. The van der Waals surface area contributed by atoms with Gasteiger partial charge in [0.25, 0.3) is 0 Å². The van der Waals surface area contributed by atoms with E-state index in [1.165, 1.54) is 25.8 Å². The van der Waals surface area contributed by atoms with E-state index in [9.17, 15) is 0 Å². The van der Waals surface area contributed by atoms with Gasteiger partial charge in [0.1, 0.15) is 7.28 Å². The number of hydrogen-bond donors (Lipinski definition) is 1. The number of nitrogens with one attached hydrogen (secondary N) is 1. The van der Waals surface area contributed by atoms with E-state index in [-0.39, 0.29) is 0 Å². The van der Waals surface area contributed by atoms with Crippen LogP contribution in [0, 0.1) is 0 Å². The van der Waals surface area contributed by atoms with Crippen LogP contribution in [-0.2, 0) is 0 Å². The molecule has 0 aromatic carbocycles. The van der Waals surface area contributed by atoms with Crippen LogP contribution in [0.5, 0.6) is 0 Å². The van der Waals surface area contributed by atoms with Gasteiger partial charge in [-0.15, -0.1) is 0 Å². The summed E-state index contributed by atoms with van der Waals surface area (Å²) in [6, 6.07) is 0. The van der Waals surface area contributed by atoms with Crippen LogP contribution < -0.4 is 5.32 Å². The van der Waals surface area contributed by atoms with Gasteiger partial charge in [-0.1, -0.05) is 25.5 Å². The molecule has 1 atom stereocenters. The average molecular weight is 110 g/mol. The first-order chi connectivity index (χ1) is 3.93. The van der Waals surface area contributed by atoms with Gasteiger partial charge < -0.3 is 5.32 Å². The SMILES string of the molecule is CCC1[B]CCNC1. The van der Waals surface area contributed by atoms with Crippen molar-refractivity contribution >= 4 is 7.28 Å². The first-order valence-electron chi connectivity index (χ1n) is 3.47. The lowest BCUT2D eigenvalue weighted by Crippen LogP contribution is -2.30. The minimum atomic E-state index is 0.851. The quantitative estimate of drug-likeness (QED) is 0.494. The average Bonchev–Trinajstić information content (AvgIpc) is 1.90. The summed E-state index contributed by atoms with van der Waals surface area (Å²) >= 11 is 0. The van der Waals surface area contributed by atoms with Crippen LogP contribution in [0.4, 0.5) is 0 Å². The molecule has 0 aliphatic carbocycles. The molecule has 0 saturated carbocycles. The maximum Gasteiger partial charge on any atom is 0.116 e. The first kappa shape index (κ1) is 6.15. The molecule has 1 radical (unpaired) electrons. The Labute approximate surface area is 52.1 Å². The van der Waals surface area contributed by atoms with E-state index in [0.717, 1.165) is 5.82 Å². The second-order valence-corrected chi connectivity index (χ2v) is 2.40. The molecule has 2 heteroatoms. The molecule has 1 saturated heterocycles. The second kappa shape index (κ2) is 3.13. The van der Waals surface area contributed by atoms with Crippen LogP contribution in [0.15, 0.2) is 0 Å². The fraction of sp³-hybridized carbons (Fsp3) is 1.00. The zero-order valence-corrected chi connectivity index (χ0v) is 5.48. The molecule has 0 bridgehead atoms. The Hall–Kier alpha value is 0.0249. The molecule has 1 aliphatic heterocycles. The van der Waals surface area contributed by atoms with Crippen molar-refractivity contribution in [2.45, 2.75) is 25.5 Å². The smallest absolute Gasteiger partial charge is 0.116 e. The third-order valence-corrected chi connectivity index (χ3v) is 1.75. The lowest BCUT2D eigenvalue weighted by molar-refractivity contribution is 0.625. The topological polar surface area (TPSA) is 12.0 Å². The lowest BCUT2D eigenvalue weighted by Gasteiger charge is -2.19. The molecule has 8 heavy (non-hydrogen) atoms. The molecule has 1 aliphatic rings. The van der Waals surface area contributed by atoms with Gasteiger partial charge in [0.2, 0.25) is 0 Å². The number of hydrogen-bond acceptors (Lipinski definition) is 1. The van der Waals surface area contributed by atoms with Crippen LogP contribution in [-0.4, -0.2) is 20.4 Å². The Morgan fingerprint density at radius 2 is 2.62 bits per heavy atom. The molecule has 1 rings (SSSR count). The van der Waals surface area contributed by atoms with Gasteiger partial charge in [0, 0.05) is 0 Å². The lowest BCUT2D eigenvalue weighted by atomic mass is 9.59. The Morgan fingerprint density at radius 1 is 1.75 bits per heavy atom. The van der Waals surface area contributed by atoms with Crippen molar-refractivity contribution in [2.75, 3.05) is 13.1 Å². The van der Waals surface area contributed by atoms with Gasteiger partial charge >= 0.3 is 0 Å². The van der Waals surface area contributed by atoms with Gasteiger partial charge in [-0.05, 0) is 13.1 Å². The molecule has 45 valence electrons. The predicted molar refractivity (Wildman–Crippen MR) is 37.5 cm³/mol. The Kier molecular flexibility index (Phi) is 2.41. The molecular weight excluding hydrogens is 96.9 g/mol. The van der Waals surface area contributed by atoms with E-state index in [1.807, 2.05) is 0 Å². The summed E-state index contributed by atoms with van der Waals surface area (Å²) in [7, 11) is 2.43. The maximum absolute atomic E-state index is 3.35. The van der Waals surface area contributed by atoms with Gasteiger partial charge in [-0.2, -0.15) is 0 Å². The molecule has 1 unspecified atom stereocenters. The second-order valence-electron chi connectivity index (χ2n) is 2.40. The third kappa shape index (κ3) is 1.51. The van der Waals surface area contributed by atoms with Crippen molar-refractivity contribution in [3.8, 4) is 0 Å². The normalized spacial score (nSPS) is 29.4. The fourth-order valence-electron chi connectivity index (χ4n) is 1.10. The van der Waals surface area contributed by atoms with Crippen LogP contribution in [0.25, 0.3) is 0 Å². The molecule has 0 aromatic rings. The Balaban J connectivity index is 2.13. The van der Waals surface area contributed by atoms with Gasteiger partial charge in [0.05, 0.1) is 0 Å². The minimum Gasteiger partial charge on any atom is -0.318 e. The van der Waals surface area contributed by atoms with Gasteiger partial charge in [-0.25, -0.2) is 0 Å². The van der Waals surface area contributed by atoms with E-state index in [4.69, 9.17) is 0 Å². The van der Waals surface area contributed by atoms with Crippen LogP contribution in [0.2, 0.25) is 12.1 Å². The van der Waals surface area contributed by atoms with Crippen molar-refractivity contribution in [1.29, 1.82) is 0 Å². The molecule has 1 heterocycles. The molecule has 1 N–H and O–H groups in total. The highest BCUT2D eigenvalue weighted by molar-refractivity contribution is 6.38. The van der Waals surface area contributed by atoms with Crippen molar-refractivity contribution in [1.82, 2.24) is 5.32 Å². The third-order valence-electron chi connectivity index (χ3n) is 1.75. The van der Waals surface area contributed by atoms with Crippen molar-refractivity contribution < 1.29 is 0 Å². The highest BCUT2D eigenvalue weighted by atomic mass is 14.9. The van der Waals surface area contributed by atoms with Gasteiger partial charge in [-0.3, -0.25) is 0 Å². The van der Waals surface area contributed by atoms with Crippen LogP contribution >= 0.6 is 0 Å². The zero-order valence-electron chi connectivity index (χ0n) is 5.48. The summed E-state index contributed by atoms with van der Waals surface area (Å²) in [4.78, 5) is 0. The van der Waals surface area contributed by atoms with Crippen molar-refractivity contribution in [3.63, 3.8) is 0 Å². The van der Waals surface area contributed by atoms with Crippen molar-refractivity contribution in [2.24, 2.45) is 0 Å². The van der Waals surface area contributed by atoms with E-state index < -0.39 is 0 Å². The van der Waals surface area contributed by atoms with E-state index in [1.54, 1.807) is 0 Å². The molecule has 1 fully saturated rings. The van der Waals surface area contributed by atoms with E-state index in [0.29, 0.717) is 0 Å². The highest BCUT2D eigenvalue weighted by Crippen LogP contribution is 2.11. The van der Waals surface area contributed by atoms with Gasteiger partial charge in [0.15, 0.2) is 0 Å². The van der Waals surface area contributed by atoms with Crippen LogP contribution in [0.3, 0.4) is 0 Å². The minimum absolute atomic E-state index is 0.851. The highest BCUT2D eigenvalue weighted by Gasteiger charge is 2.10. The molecular formula is C6H13BN. The molecule has 0 spiro atoms. The molecule has 1 nitrogen and oxygen atoms in total. The summed E-state index contributed by atoms with van der Waals surface area (Å²) in [5, 5.41) is 3.35. The maximum atomic E-state index is 3.35. The van der Waals surface area contributed by atoms with Crippen LogP contribution in [0.1, 0.15) is 13.3 Å². The Morgan fingerprint density at radius 3 is 3.00 bits per heavy atom. The van der Waals surface area contributed by atoms with E-state index >= 15 is 0 Å². The summed E-state index contributed by atoms with van der Waals surface area (Å²) in [5.41, 5.74) is 0. The first-order valence-corrected chi connectivity index (χ1v) is 3.47. The summed E-state index contributed by atoms with van der Waals surface area (Å²) < 4.78 is 0. The van der Waals surface area contributed by atoms with E-state index in [2.05, 4.69) is 19.5 Å². The summed E-state index contributed by atoms with van der Waals surface area (Å²) in [5.74, 6) is 0.851. The van der Waals surface area contributed by atoms with Crippen molar-refractivity contribution in [3.05, 3.63) is 0 Å². The monoisotopic (exact) mass is 110 g/mol. The largest absolute Gasteiger partial charge is 0.318 e. The molecule has 0 aromatic heterocycles. The zero-order chi connectivity index (χ0) is 5.82. The summed E-state index contributed by atoms with van der Waals surface area (Å²) in [6.45, 7) is 4.64.